The highest BCUT2D eigenvalue weighted by atomic mass is 32.2. The molecule has 0 radical (unpaired) electrons. The molecule has 0 bridgehead atoms. The van der Waals surface area contributed by atoms with Gasteiger partial charge in [0.15, 0.2) is 0 Å². The Morgan fingerprint density at radius 3 is 2.67 bits per heavy atom. The fourth-order valence-electron chi connectivity index (χ4n) is 1.98. The Kier molecular flexibility index (Phi) is 7.07. The third-order valence-corrected chi connectivity index (χ3v) is 4.89. The Labute approximate surface area is 100 Å². The fourth-order valence-corrected chi connectivity index (χ4v) is 3.75. The maximum atomic E-state index is 11.9. The Morgan fingerprint density at radius 1 is 1.27 bits per heavy atom. The summed E-state index contributed by atoms with van der Waals surface area (Å²) in [6.07, 6.45) is 8.20. The summed E-state index contributed by atoms with van der Waals surface area (Å²) in [5, 5.41) is 2.83. The second kappa shape index (κ2) is 8.14. The zero-order chi connectivity index (χ0) is 10.9. The molecule has 15 heavy (non-hydrogen) atoms. The molecule has 0 aromatic carbocycles. The monoisotopic (exact) mass is 245 g/mol. The van der Waals surface area contributed by atoms with Crippen LogP contribution >= 0.6 is 12.2 Å². The highest BCUT2D eigenvalue weighted by Gasteiger charge is 2.18. The first-order valence-electron chi connectivity index (χ1n) is 5.75. The van der Waals surface area contributed by atoms with Gasteiger partial charge in [0.25, 0.3) is 0 Å². The first-order chi connectivity index (χ1) is 7.34. The molecule has 0 N–H and O–H groups in total. The molecule has 4 heteroatoms. The molecule has 1 saturated carbocycles. The Morgan fingerprint density at radius 2 is 2.00 bits per heavy atom. The van der Waals surface area contributed by atoms with Gasteiger partial charge in [-0.3, -0.25) is 4.21 Å². The molecule has 0 spiro atoms. The molecule has 0 heterocycles. The standard InChI is InChI=1S/C11H19NOS2/c13-15(9-5-4-8-12-10-14)11-6-2-1-3-7-11/h11H,1-9H2. The molecule has 1 aliphatic carbocycles. The molecule has 2 nitrogen and oxygen atoms in total. The van der Waals surface area contributed by atoms with Crippen molar-refractivity contribution < 1.29 is 4.21 Å². The molecule has 1 atom stereocenters. The largest absolute Gasteiger partial charge is 0.259 e. The van der Waals surface area contributed by atoms with Crippen LogP contribution in [0, 0.1) is 0 Å². The van der Waals surface area contributed by atoms with Crippen LogP contribution in [0.2, 0.25) is 0 Å². The van der Waals surface area contributed by atoms with Crippen molar-refractivity contribution in [1.29, 1.82) is 0 Å². The second-order valence-corrected chi connectivity index (χ2v) is 6.04. The quantitative estimate of drug-likeness (QED) is 0.409. The molecule has 0 aromatic rings. The summed E-state index contributed by atoms with van der Waals surface area (Å²) in [7, 11) is -0.600. The summed E-state index contributed by atoms with van der Waals surface area (Å²) in [6, 6.07) is 0. The normalized spacial score (nSPS) is 19.5. The maximum Gasteiger partial charge on any atom is 0.0584 e. The number of rotatable bonds is 6. The number of aliphatic imine (C=N–C) groups is 1. The Hall–Kier alpha value is -0.0500. The van der Waals surface area contributed by atoms with Crippen molar-refractivity contribution in [3.8, 4) is 0 Å². The predicted molar refractivity (Wildman–Crippen MR) is 69.0 cm³/mol. The number of nitrogens with zero attached hydrogens (tertiary/aromatic N) is 1. The SMILES string of the molecule is O=S(CCCCN=C=S)C1CCCCC1. The maximum absolute atomic E-state index is 11.9. The van der Waals surface area contributed by atoms with E-state index in [1.807, 2.05) is 0 Å². The van der Waals surface area contributed by atoms with Gasteiger partial charge >= 0.3 is 0 Å². The van der Waals surface area contributed by atoms with Crippen LogP contribution < -0.4 is 0 Å². The van der Waals surface area contributed by atoms with Gasteiger partial charge < -0.3 is 0 Å². The summed E-state index contributed by atoms with van der Waals surface area (Å²) in [4.78, 5) is 3.85. The van der Waals surface area contributed by atoms with Crippen LogP contribution in [0.25, 0.3) is 0 Å². The number of isothiocyanates is 1. The van der Waals surface area contributed by atoms with Gasteiger partial charge in [-0.2, -0.15) is 0 Å². The summed E-state index contributed by atoms with van der Waals surface area (Å²) >= 11 is 4.48. The van der Waals surface area contributed by atoms with Crippen LogP contribution in [0.1, 0.15) is 44.9 Å². The van der Waals surface area contributed by atoms with Gasteiger partial charge in [0, 0.05) is 28.3 Å². The predicted octanol–water partition coefficient (Wildman–Crippen LogP) is 2.95. The van der Waals surface area contributed by atoms with E-state index in [0.29, 0.717) is 5.25 Å². The van der Waals surface area contributed by atoms with Crippen molar-refractivity contribution >= 4 is 28.2 Å². The zero-order valence-electron chi connectivity index (χ0n) is 9.11. The fraction of sp³-hybridized carbons (Fsp3) is 0.909. The van der Waals surface area contributed by atoms with Crippen LogP contribution in [0.4, 0.5) is 0 Å². The van der Waals surface area contributed by atoms with Crippen molar-refractivity contribution in [2.75, 3.05) is 12.3 Å². The lowest BCUT2D eigenvalue weighted by Crippen LogP contribution is -2.20. The smallest absolute Gasteiger partial charge is 0.0584 e. The van der Waals surface area contributed by atoms with Crippen molar-refractivity contribution in [2.45, 2.75) is 50.2 Å². The van der Waals surface area contributed by atoms with Gasteiger partial charge in [0.05, 0.1) is 5.16 Å². The highest BCUT2D eigenvalue weighted by molar-refractivity contribution is 7.85. The van der Waals surface area contributed by atoms with Gasteiger partial charge in [0.2, 0.25) is 0 Å². The molecule has 1 rings (SSSR count). The number of unbranched alkanes of at least 4 members (excludes halogenated alkanes) is 1. The van der Waals surface area contributed by atoms with E-state index in [1.54, 1.807) is 0 Å². The molecule has 0 saturated heterocycles. The van der Waals surface area contributed by atoms with Crippen LogP contribution in [-0.4, -0.2) is 26.9 Å². The molecule has 0 amide bonds. The third-order valence-electron chi connectivity index (χ3n) is 2.85. The summed E-state index contributed by atoms with van der Waals surface area (Å²) in [6.45, 7) is 0.741. The summed E-state index contributed by atoms with van der Waals surface area (Å²) < 4.78 is 11.9. The van der Waals surface area contributed by atoms with E-state index >= 15 is 0 Å². The molecule has 86 valence electrons. The van der Waals surface area contributed by atoms with Gasteiger partial charge in [-0.15, -0.1) is 0 Å². The Balaban J connectivity index is 2.09. The molecule has 0 aliphatic heterocycles. The van der Waals surface area contributed by atoms with E-state index in [9.17, 15) is 4.21 Å². The van der Waals surface area contributed by atoms with Crippen molar-refractivity contribution in [3.05, 3.63) is 0 Å². The Bertz CT molecular complexity index is 243. The summed E-state index contributed by atoms with van der Waals surface area (Å²) in [5.74, 6) is 0.845. The van der Waals surface area contributed by atoms with Crippen molar-refractivity contribution in [1.82, 2.24) is 0 Å². The van der Waals surface area contributed by atoms with Gasteiger partial charge in [-0.1, -0.05) is 19.3 Å². The van der Waals surface area contributed by atoms with Gasteiger partial charge in [-0.25, -0.2) is 4.99 Å². The van der Waals surface area contributed by atoms with Crippen LogP contribution in [-0.2, 0) is 10.8 Å². The van der Waals surface area contributed by atoms with Crippen LogP contribution in [0.15, 0.2) is 4.99 Å². The van der Waals surface area contributed by atoms with E-state index in [2.05, 4.69) is 22.4 Å². The minimum Gasteiger partial charge on any atom is -0.259 e. The highest BCUT2D eigenvalue weighted by Crippen LogP contribution is 2.22. The molecule has 1 aliphatic rings. The number of thiocarbonyl (C=S) groups is 1. The first kappa shape index (κ1) is 13.0. The minimum absolute atomic E-state index is 0.479. The van der Waals surface area contributed by atoms with Crippen LogP contribution in [0.3, 0.4) is 0 Å². The topological polar surface area (TPSA) is 29.4 Å². The van der Waals surface area contributed by atoms with Crippen molar-refractivity contribution in [3.63, 3.8) is 0 Å². The average Bonchev–Trinajstić information content (AvgIpc) is 2.30. The number of hydrogen-bond acceptors (Lipinski definition) is 3. The molecule has 1 unspecified atom stereocenters. The summed E-state index contributed by atoms with van der Waals surface area (Å²) in [5.41, 5.74) is 0. The molecular weight excluding hydrogens is 226 g/mol. The first-order valence-corrected chi connectivity index (χ1v) is 7.54. The van der Waals surface area contributed by atoms with Crippen molar-refractivity contribution in [2.24, 2.45) is 4.99 Å². The molecule has 1 fully saturated rings. The third kappa shape index (κ3) is 5.55. The minimum atomic E-state index is -0.600. The van der Waals surface area contributed by atoms with E-state index in [1.165, 1.54) is 32.1 Å². The number of hydrogen-bond donors (Lipinski definition) is 0. The van der Waals surface area contributed by atoms with Gasteiger partial charge in [-0.05, 0) is 37.9 Å². The zero-order valence-corrected chi connectivity index (χ0v) is 10.7. The van der Waals surface area contributed by atoms with E-state index in [-0.39, 0.29) is 0 Å². The van der Waals surface area contributed by atoms with Crippen LogP contribution in [0.5, 0.6) is 0 Å². The molecule has 0 aromatic heterocycles. The van der Waals surface area contributed by atoms with E-state index < -0.39 is 10.8 Å². The molecular formula is C11H19NOS2. The van der Waals surface area contributed by atoms with E-state index in [4.69, 9.17) is 0 Å². The van der Waals surface area contributed by atoms with Gasteiger partial charge in [0.1, 0.15) is 0 Å². The average molecular weight is 245 g/mol. The second-order valence-electron chi connectivity index (χ2n) is 4.03. The lowest BCUT2D eigenvalue weighted by atomic mass is 10.0. The lowest BCUT2D eigenvalue weighted by molar-refractivity contribution is 0.504. The lowest BCUT2D eigenvalue weighted by Gasteiger charge is -2.20. The van der Waals surface area contributed by atoms with E-state index in [0.717, 1.165) is 25.1 Å².